The third kappa shape index (κ3) is 5.72. The Balaban J connectivity index is 1.36. The van der Waals surface area contributed by atoms with Crippen LogP contribution in [-0.2, 0) is 13.0 Å². The molecule has 0 aliphatic carbocycles. The molecule has 2 saturated heterocycles. The predicted molar refractivity (Wildman–Crippen MR) is 182 cm³/mol. The van der Waals surface area contributed by atoms with E-state index in [-0.39, 0.29) is 16.6 Å². The van der Waals surface area contributed by atoms with Gasteiger partial charge in [0.15, 0.2) is 0 Å². The third-order valence-electron chi connectivity index (χ3n) is 10.7. The fraction of sp³-hybridized carbons (Fsp3) is 0.600. The van der Waals surface area contributed by atoms with Crippen LogP contribution in [0.1, 0.15) is 72.1 Å². The number of halogens is 3. The lowest BCUT2D eigenvalue weighted by atomic mass is 9.95. The van der Waals surface area contributed by atoms with Gasteiger partial charge in [-0.1, -0.05) is 59.2 Å². The van der Waals surface area contributed by atoms with E-state index in [0.29, 0.717) is 67.0 Å². The lowest BCUT2D eigenvalue weighted by Gasteiger charge is -2.42. The van der Waals surface area contributed by atoms with Gasteiger partial charge in [0.2, 0.25) is 5.88 Å². The molecule has 0 saturated carbocycles. The Morgan fingerprint density at radius 2 is 1.80 bits per heavy atom. The second-order valence-electron chi connectivity index (χ2n) is 14.3. The molecule has 11 heteroatoms. The van der Waals surface area contributed by atoms with Crippen molar-refractivity contribution in [2.75, 3.05) is 38.3 Å². The largest absolute Gasteiger partial charge is 0.543 e. The van der Waals surface area contributed by atoms with Crippen LogP contribution in [0.5, 0.6) is 17.6 Å². The molecule has 0 bridgehead atoms. The van der Waals surface area contributed by atoms with Crippen LogP contribution >= 0.6 is 11.6 Å². The molecule has 0 amide bonds. The zero-order valence-corrected chi connectivity index (χ0v) is 29.9. The van der Waals surface area contributed by atoms with Crippen LogP contribution < -0.4 is 18.8 Å². The van der Waals surface area contributed by atoms with Crippen LogP contribution in [0.25, 0.3) is 10.8 Å². The average molecular weight is 673 g/mol. The summed E-state index contributed by atoms with van der Waals surface area (Å²) in [5, 5.41) is 1.58. The Bertz CT molecular complexity index is 1590. The van der Waals surface area contributed by atoms with Crippen molar-refractivity contribution in [1.82, 2.24) is 14.9 Å². The molecular weight excluding hydrogens is 626 g/mol. The maximum Gasteiger partial charge on any atom is 0.320 e. The molecule has 2 atom stereocenters. The van der Waals surface area contributed by atoms with Crippen molar-refractivity contribution in [1.29, 1.82) is 0 Å². The maximum absolute atomic E-state index is 14.9. The summed E-state index contributed by atoms with van der Waals surface area (Å²) in [6, 6.07) is 7.47. The van der Waals surface area contributed by atoms with Crippen LogP contribution in [0.3, 0.4) is 0 Å². The topological polar surface area (TPSA) is 60.0 Å². The molecule has 2 fully saturated rings. The highest BCUT2D eigenvalue weighted by Gasteiger charge is 2.50. The molecule has 3 aromatic rings. The first kappa shape index (κ1) is 33.2. The number of methoxy groups -OCH3 is 1. The number of ether oxygens (including phenoxy) is 2. The Morgan fingerprint density at radius 3 is 2.50 bits per heavy atom. The van der Waals surface area contributed by atoms with E-state index in [0.717, 1.165) is 47.5 Å². The number of rotatable bonds is 10. The maximum atomic E-state index is 14.9. The van der Waals surface area contributed by atoms with E-state index in [1.54, 1.807) is 13.2 Å². The van der Waals surface area contributed by atoms with Crippen molar-refractivity contribution in [3.05, 3.63) is 46.4 Å². The number of anilines is 1. The monoisotopic (exact) mass is 672 g/mol. The lowest BCUT2D eigenvalue weighted by Crippen LogP contribution is -2.50. The summed E-state index contributed by atoms with van der Waals surface area (Å²) in [4.78, 5) is 13.9. The number of aromatic nitrogens is 2. The lowest BCUT2D eigenvalue weighted by molar-refractivity contribution is 0.106. The molecule has 4 heterocycles. The normalized spacial score (nSPS) is 21.8. The second kappa shape index (κ2) is 12.7. The quantitative estimate of drug-likeness (QED) is 0.200. The highest BCUT2D eigenvalue weighted by molar-refractivity contribution is 6.78. The number of fused-ring (bicyclic) bond motifs is 3. The van der Waals surface area contributed by atoms with E-state index < -0.39 is 20.3 Å². The van der Waals surface area contributed by atoms with Gasteiger partial charge >= 0.3 is 6.01 Å². The molecule has 250 valence electrons. The molecule has 0 radical (unpaired) electrons. The minimum atomic E-state index is -2.27. The number of nitrogens with zero attached hydrogens (tertiary/aromatic N) is 4. The van der Waals surface area contributed by atoms with Gasteiger partial charge in [0, 0.05) is 36.5 Å². The first-order chi connectivity index (χ1) is 21.9. The van der Waals surface area contributed by atoms with Crippen LogP contribution in [0.15, 0.2) is 24.3 Å². The molecule has 6 rings (SSSR count). The number of alkyl halides is 1. The SMILES string of the molecule is COc1nc(OCC23CCCN2CC(F)C3)nc2c1CCN(c1cc(O[Si](C(C)C)(C(C)C)C(C)C)cc3ccc(F)c(Cl)c13)C2. The summed E-state index contributed by atoms with van der Waals surface area (Å²) >= 11 is 6.69. The molecule has 0 N–H and O–H groups in total. The first-order valence-electron chi connectivity index (χ1n) is 16.7. The number of hydrogen-bond donors (Lipinski definition) is 0. The van der Waals surface area contributed by atoms with E-state index in [1.807, 2.05) is 12.1 Å². The van der Waals surface area contributed by atoms with Gasteiger partial charge in [-0.25, -0.2) is 8.78 Å². The number of benzene rings is 2. The standard InChI is InChI=1S/C35H47ClF2N4O3Si/c1-21(2)46(22(3)4,23(5)6)45-26-15-24-9-10-28(38)32(36)31(24)30(16-26)41-14-11-27-29(19-41)39-34(40-33(27)43-7)44-20-35-12-8-13-42(35)18-25(37)17-35/h9-10,15-16,21-23,25H,8,11-14,17-20H2,1-7H3. The molecule has 3 aliphatic heterocycles. The fourth-order valence-corrected chi connectivity index (χ4v) is 14.2. The van der Waals surface area contributed by atoms with Crippen molar-refractivity contribution < 1.29 is 22.7 Å². The fourth-order valence-electron chi connectivity index (χ4n) is 8.67. The third-order valence-corrected chi connectivity index (χ3v) is 17.1. The van der Waals surface area contributed by atoms with Crippen molar-refractivity contribution in [2.45, 2.75) is 102 Å². The summed E-state index contributed by atoms with van der Waals surface area (Å²) in [5.41, 5.74) is 3.39. The average Bonchev–Trinajstić information content (AvgIpc) is 3.54. The van der Waals surface area contributed by atoms with Crippen LogP contribution in [0.4, 0.5) is 14.5 Å². The zero-order valence-electron chi connectivity index (χ0n) is 28.1. The minimum absolute atomic E-state index is 0.0947. The molecule has 3 aliphatic rings. The van der Waals surface area contributed by atoms with Crippen LogP contribution in [0.2, 0.25) is 21.6 Å². The Morgan fingerprint density at radius 1 is 1.07 bits per heavy atom. The summed E-state index contributed by atoms with van der Waals surface area (Å²) < 4.78 is 48.4. The van der Waals surface area contributed by atoms with Gasteiger partial charge in [0.1, 0.15) is 24.3 Å². The predicted octanol–water partition coefficient (Wildman–Crippen LogP) is 8.50. The molecule has 46 heavy (non-hydrogen) atoms. The smallest absolute Gasteiger partial charge is 0.320 e. The van der Waals surface area contributed by atoms with Crippen LogP contribution in [0, 0.1) is 5.82 Å². The van der Waals surface area contributed by atoms with E-state index in [1.165, 1.54) is 6.07 Å². The molecular formula is C35H47ClF2N4O3Si. The van der Waals surface area contributed by atoms with Gasteiger partial charge in [-0.2, -0.15) is 9.97 Å². The molecule has 7 nitrogen and oxygen atoms in total. The Labute approximate surface area is 277 Å². The molecule has 0 spiro atoms. The zero-order chi connectivity index (χ0) is 33.0. The summed E-state index contributed by atoms with van der Waals surface area (Å²) in [6.07, 6.45) is 2.20. The second-order valence-corrected chi connectivity index (χ2v) is 20.1. The molecule has 1 aromatic heterocycles. The summed E-state index contributed by atoms with van der Waals surface area (Å²) in [6.45, 7) is 16.3. The Kier molecular flexibility index (Phi) is 9.19. The first-order valence-corrected chi connectivity index (χ1v) is 19.2. The van der Waals surface area contributed by atoms with Gasteiger partial charge in [-0.05, 0) is 59.9 Å². The van der Waals surface area contributed by atoms with E-state index in [9.17, 15) is 8.78 Å². The Hall–Kier alpha value is -2.69. The van der Waals surface area contributed by atoms with Crippen molar-refractivity contribution in [3.8, 4) is 17.6 Å². The van der Waals surface area contributed by atoms with Crippen molar-refractivity contribution >= 4 is 36.4 Å². The van der Waals surface area contributed by atoms with Gasteiger partial charge in [0.05, 0.1) is 35.6 Å². The highest BCUT2D eigenvalue weighted by Crippen LogP contribution is 2.46. The molecule has 2 unspecified atom stereocenters. The van der Waals surface area contributed by atoms with Gasteiger partial charge < -0.3 is 18.8 Å². The highest BCUT2D eigenvalue weighted by atomic mass is 35.5. The van der Waals surface area contributed by atoms with E-state index in [2.05, 4.69) is 56.3 Å². The van der Waals surface area contributed by atoms with Gasteiger partial charge in [-0.15, -0.1) is 0 Å². The van der Waals surface area contributed by atoms with E-state index in [4.69, 9.17) is 30.5 Å². The minimum Gasteiger partial charge on any atom is -0.543 e. The van der Waals surface area contributed by atoms with E-state index >= 15 is 0 Å². The summed E-state index contributed by atoms with van der Waals surface area (Å²) in [7, 11) is -0.668. The van der Waals surface area contributed by atoms with Crippen molar-refractivity contribution in [3.63, 3.8) is 0 Å². The molecule has 2 aromatic carbocycles. The van der Waals surface area contributed by atoms with Crippen LogP contribution in [-0.4, -0.2) is 68.2 Å². The van der Waals surface area contributed by atoms with Gasteiger partial charge in [-0.3, -0.25) is 4.90 Å². The van der Waals surface area contributed by atoms with Crippen molar-refractivity contribution in [2.24, 2.45) is 0 Å². The van der Waals surface area contributed by atoms with Gasteiger partial charge in [0.25, 0.3) is 8.32 Å². The number of hydrogen-bond acceptors (Lipinski definition) is 7. The summed E-state index contributed by atoms with van der Waals surface area (Å²) in [5.74, 6) is 0.813.